The van der Waals surface area contributed by atoms with Crippen LogP contribution in [0.4, 0.5) is 17.1 Å². The monoisotopic (exact) mass is 704 g/mol. The first kappa shape index (κ1) is 31.4. The molecule has 0 bridgehead atoms. The van der Waals surface area contributed by atoms with Crippen LogP contribution in [0.1, 0.15) is 17.0 Å². The number of allylic oxidation sites excluding steroid dienone is 2. The SMILES string of the molecule is C1=CC2c3cc(-c4ccccc4)c4ccccc4c3OC2C(c2ccc(N(c3ccccc3)c3ccc4c5ccccc5n(-c5ccccc5)c4c3)cc2)=C1. The van der Waals surface area contributed by atoms with Gasteiger partial charge in [-0.1, -0.05) is 146 Å². The summed E-state index contributed by atoms with van der Waals surface area (Å²) >= 11 is 0. The van der Waals surface area contributed by atoms with Gasteiger partial charge in [-0.15, -0.1) is 0 Å². The molecule has 2 heterocycles. The van der Waals surface area contributed by atoms with Crippen molar-refractivity contribution in [3.63, 3.8) is 0 Å². The fourth-order valence-electron chi connectivity index (χ4n) is 8.85. The Labute approximate surface area is 320 Å². The molecule has 2 unspecified atom stereocenters. The molecule has 0 N–H and O–H groups in total. The predicted octanol–water partition coefficient (Wildman–Crippen LogP) is 13.6. The summed E-state index contributed by atoms with van der Waals surface area (Å²) < 4.78 is 9.36. The van der Waals surface area contributed by atoms with Gasteiger partial charge in [0.15, 0.2) is 0 Å². The minimum Gasteiger partial charge on any atom is -0.484 e. The Bertz CT molecular complexity index is 2940. The van der Waals surface area contributed by atoms with Crippen molar-refractivity contribution in [1.82, 2.24) is 4.57 Å². The molecule has 8 aromatic carbocycles. The Morgan fingerprint density at radius 3 is 1.87 bits per heavy atom. The molecule has 2 atom stereocenters. The highest BCUT2D eigenvalue weighted by molar-refractivity contribution is 6.10. The van der Waals surface area contributed by atoms with Crippen molar-refractivity contribution in [2.75, 3.05) is 4.90 Å². The van der Waals surface area contributed by atoms with E-state index >= 15 is 0 Å². The van der Waals surface area contributed by atoms with E-state index in [0.29, 0.717) is 0 Å². The summed E-state index contributed by atoms with van der Waals surface area (Å²) in [5.41, 5.74) is 12.9. The van der Waals surface area contributed by atoms with Crippen LogP contribution in [0.25, 0.3) is 55.0 Å². The van der Waals surface area contributed by atoms with Crippen LogP contribution in [0.15, 0.2) is 206 Å². The first-order chi connectivity index (χ1) is 27.3. The maximum absolute atomic E-state index is 6.98. The zero-order chi connectivity index (χ0) is 36.3. The molecule has 9 aromatic rings. The summed E-state index contributed by atoms with van der Waals surface area (Å²) in [5, 5.41) is 4.86. The third-order valence-corrected chi connectivity index (χ3v) is 11.3. The second-order valence-corrected chi connectivity index (χ2v) is 14.4. The number of benzene rings is 8. The predicted molar refractivity (Wildman–Crippen MR) is 229 cm³/mol. The number of nitrogens with zero attached hydrogens (tertiary/aromatic N) is 2. The molecule has 1 aliphatic carbocycles. The maximum Gasteiger partial charge on any atom is 0.135 e. The normalized spacial score (nSPS) is 15.8. The number of para-hydroxylation sites is 3. The summed E-state index contributed by atoms with van der Waals surface area (Å²) in [6.45, 7) is 0. The van der Waals surface area contributed by atoms with Gasteiger partial charge in [-0.3, -0.25) is 0 Å². The highest BCUT2D eigenvalue weighted by Crippen LogP contribution is 2.51. The Kier molecular flexibility index (Phi) is 7.31. The number of hydrogen-bond donors (Lipinski definition) is 0. The molecule has 260 valence electrons. The van der Waals surface area contributed by atoms with E-state index in [9.17, 15) is 0 Å². The third-order valence-electron chi connectivity index (χ3n) is 11.3. The molecule has 1 aromatic heterocycles. The van der Waals surface area contributed by atoms with Crippen molar-refractivity contribution in [3.05, 3.63) is 217 Å². The Morgan fingerprint density at radius 1 is 0.473 bits per heavy atom. The first-order valence-corrected chi connectivity index (χ1v) is 19.0. The van der Waals surface area contributed by atoms with Gasteiger partial charge in [-0.25, -0.2) is 0 Å². The molecule has 0 spiro atoms. The zero-order valence-electron chi connectivity index (χ0n) is 30.1. The number of rotatable bonds is 6. The molecule has 0 fully saturated rings. The molecule has 55 heavy (non-hydrogen) atoms. The number of aromatic nitrogens is 1. The highest BCUT2D eigenvalue weighted by atomic mass is 16.5. The number of anilines is 3. The molecular formula is C52H36N2O. The van der Waals surface area contributed by atoms with Crippen LogP contribution in [-0.4, -0.2) is 10.7 Å². The van der Waals surface area contributed by atoms with Crippen LogP contribution in [0.5, 0.6) is 5.75 Å². The van der Waals surface area contributed by atoms with E-state index in [1.54, 1.807) is 0 Å². The van der Waals surface area contributed by atoms with Gasteiger partial charge < -0.3 is 14.2 Å². The van der Waals surface area contributed by atoms with Gasteiger partial charge in [0.1, 0.15) is 11.9 Å². The van der Waals surface area contributed by atoms with Crippen molar-refractivity contribution >= 4 is 55.2 Å². The molecule has 1 aliphatic heterocycles. The summed E-state index contributed by atoms with van der Waals surface area (Å²) in [6.07, 6.45) is 6.64. The molecule has 0 radical (unpaired) electrons. The Balaban J connectivity index is 0.986. The molecule has 11 rings (SSSR count). The van der Waals surface area contributed by atoms with Gasteiger partial charge in [-0.05, 0) is 82.7 Å². The lowest BCUT2D eigenvalue weighted by Gasteiger charge is -2.27. The zero-order valence-corrected chi connectivity index (χ0v) is 30.1. The summed E-state index contributed by atoms with van der Waals surface area (Å²) in [7, 11) is 0. The van der Waals surface area contributed by atoms with Gasteiger partial charge >= 0.3 is 0 Å². The van der Waals surface area contributed by atoms with E-state index in [1.165, 1.54) is 49.5 Å². The fraction of sp³-hybridized carbons (Fsp3) is 0.0385. The Hall–Kier alpha value is -7.10. The lowest BCUT2D eigenvalue weighted by atomic mass is 9.82. The van der Waals surface area contributed by atoms with E-state index in [2.05, 4.69) is 216 Å². The second kappa shape index (κ2) is 12.8. The summed E-state index contributed by atoms with van der Waals surface area (Å²) in [4.78, 5) is 2.35. The smallest absolute Gasteiger partial charge is 0.135 e. The average Bonchev–Trinajstić information content (AvgIpc) is 3.81. The van der Waals surface area contributed by atoms with E-state index in [0.717, 1.165) is 39.4 Å². The van der Waals surface area contributed by atoms with Crippen molar-refractivity contribution in [3.8, 4) is 22.6 Å². The maximum atomic E-state index is 6.98. The highest BCUT2D eigenvalue weighted by Gasteiger charge is 2.38. The van der Waals surface area contributed by atoms with Crippen LogP contribution >= 0.6 is 0 Å². The summed E-state index contributed by atoms with van der Waals surface area (Å²) in [5.74, 6) is 1.13. The molecule has 0 saturated heterocycles. The molecule has 2 aliphatic rings. The van der Waals surface area contributed by atoms with Gasteiger partial charge in [0.05, 0.1) is 11.0 Å². The van der Waals surface area contributed by atoms with Crippen LogP contribution in [0.2, 0.25) is 0 Å². The molecular weight excluding hydrogens is 669 g/mol. The average molecular weight is 705 g/mol. The number of ether oxygens (including phenoxy) is 1. The Morgan fingerprint density at radius 2 is 1.09 bits per heavy atom. The second-order valence-electron chi connectivity index (χ2n) is 14.4. The first-order valence-electron chi connectivity index (χ1n) is 19.0. The number of fused-ring (bicyclic) bond motifs is 8. The van der Waals surface area contributed by atoms with E-state index < -0.39 is 0 Å². The van der Waals surface area contributed by atoms with Crippen LogP contribution in [0.3, 0.4) is 0 Å². The number of hydrogen-bond acceptors (Lipinski definition) is 2. The molecule has 0 amide bonds. The van der Waals surface area contributed by atoms with E-state index in [1.807, 2.05) is 0 Å². The van der Waals surface area contributed by atoms with Crippen molar-refractivity contribution in [2.45, 2.75) is 12.0 Å². The lowest BCUT2D eigenvalue weighted by molar-refractivity contribution is 0.281. The minimum absolute atomic E-state index is 0.104. The molecule has 3 heteroatoms. The summed E-state index contributed by atoms with van der Waals surface area (Å²) in [6, 6.07) is 67.6. The quantitative estimate of drug-likeness (QED) is 0.171. The van der Waals surface area contributed by atoms with E-state index in [-0.39, 0.29) is 12.0 Å². The van der Waals surface area contributed by atoms with Crippen molar-refractivity contribution in [2.24, 2.45) is 0 Å². The molecule has 3 nitrogen and oxygen atoms in total. The van der Waals surface area contributed by atoms with Crippen molar-refractivity contribution < 1.29 is 4.74 Å². The molecule has 0 saturated carbocycles. The topological polar surface area (TPSA) is 17.4 Å². The standard InChI is InChI=1S/C52H36N2O/c1-4-15-35(16-5-1)47-34-48-46-25-14-24-41(51(46)55-52(48)45-23-11-10-21-42(45)47)36-27-29-39(30-28-36)53(37-17-6-2-7-18-37)40-31-32-44-43-22-12-13-26-49(43)54(50(44)33-40)38-19-8-3-9-20-38/h1-34,46,51H. The van der Waals surface area contributed by atoms with Crippen molar-refractivity contribution in [1.29, 1.82) is 0 Å². The third kappa shape index (κ3) is 5.12. The van der Waals surface area contributed by atoms with Gasteiger partial charge in [0.25, 0.3) is 0 Å². The van der Waals surface area contributed by atoms with Gasteiger partial charge in [0, 0.05) is 56.0 Å². The van der Waals surface area contributed by atoms with Crippen LogP contribution < -0.4 is 9.64 Å². The van der Waals surface area contributed by atoms with E-state index in [4.69, 9.17) is 4.74 Å². The largest absolute Gasteiger partial charge is 0.484 e. The lowest BCUT2D eigenvalue weighted by Crippen LogP contribution is -2.21. The minimum atomic E-state index is -0.104. The van der Waals surface area contributed by atoms with Gasteiger partial charge in [0.2, 0.25) is 0 Å². The van der Waals surface area contributed by atoms with Crippen LogP contribution in [-0.2, 0) is 0 Å². The van der Waals surface area contributed by atoms with Gasteiger partial charge in [-0.2, -0.15) is 0 Å². The van der Waals surface area contributed by atoms with Crippen LogP contribution in [0, 0.1) is 0 Å². The fourth-order valence-corrected chi connectivity index (χ4v) is 8.85.